The Morgan fingerprint density at radius 2 is 2.35 bits per heavy atom. The van der Waals surface area contributed by atoms with Crippen molar-refractivity contribution in [3.8, 4) is 0 Å². The lowest BCUT2D eigenvalue weighted by Crippen LogP contribution is -2.41. The molecule has 1 amide bonds. The molecule has 5 nitrogen and oxygen atoms in total. The van der Waals surface area contributed by atoms with Crippen molar-refractivity contribution >= 4 is 22.4 Å². The standard InChI is InChI=1S/C11H19N3O2S/c1-4-16-11(2,3)7-13-9(15)5-8-6-17-10(12)14-8/h6H,4-5,7H2,1-3H3,(H2,12,14)(H,13,15). The number of amides is 1. The Hall–Kier alpha value is -1.14. The Morgan fingerprint density at radius 1 is 1.65 bits per heavy atom. The van der Waals surface area contributed by atoms with Crippen LogP contribution in [-0.2, 0) is 16.0 Å². The first-order valence-electron chi connectivity index (χ1n) is 5.53. The zero-order valence-corrected chi connectivity index (χ0v) is 11.3. The Labute approximate surface area is 105 Å². The average molecular weight is 257 g/mol. The lowest BCUT2D eigenvalue weighted by molar-refractivity contribution is -0.122. The van der Waals surface area contributed by atoms with Crippen LogP contribution in [-0.4, -0.2) is 29.6 Å². The molecule has 0 aliphatic rings. The average Bonchev–Trinajstić information content (AvgIpc) is 2.61. The summed E-state index contributed by atoms with van der Waals surface area (Å²) in [6.07, 6.45) is 0.260. The molecule has 0 fully saturated rings. The Morgan fingerprint density at radius 3 is 2.88 bits per heavy atom. The molecule has 0 spiro atoms. The second-order valence-corrected chi connectivity index (χ2v) is 5.21. The summed E-state index contributed by atoms with van der Waals surface area (Å²) in [7, 11) is 0. The van der Waals surface area contributed by atoms with E-state index in [-0.39, 0.29) is 17.9 Å². The number of hydrogen-bond acceptors (Lipinski definition) is 5. The van der Waals surface area contributed by atoms with Crippen LogP contribution in [0.4, 0.5) is 5.13 Å². The highest BCUT2D eigenvalue weighted by atomic mass is 32.1. The quantitative estimate of drug-likeness (QED) is 0.802. The van der Waals surface area contributed by atoms with Gasteiger partial charge in [-0.15, -0.1) is 11.3 Å². The number of hydrogen-bond donors (Lipinski definition) is 2. The van der Waals surface area contributed by atoms with Crippen molar-refractivity contribution in [1.29, 1.82) is 0 Å². The molecule has 0 atom stereocenters. The van der Waals surface area contributed by atoms with Gasteiger partial charge in [0.25, 0.3) is 0 Å². The molecule has 0 saturated carbocycles. The molecular formula is C11H19N3O2S. The van der Waals surface area contributed by atoms with Crippen molar-refractivity contribution < 1.29 is 9.53 Å². The van der Waals surface area contributed by atoms with Crippen LogP contribution in [0.25, 0.3) is 0 Å². The third kappa shape index (κ3) is 5.14. The maximum absolute atomic E-state index is 11.6. The maximum Gasteiger partial charge on any atom is 0.226 e. The number of carbonyl (C=O) groups excluding carboxylic acids is 1. The molecule has 1 heterocycles. The molecule has 0 saturated heterocycles. The number of nitrogens with zero attached hydrogens (tertiary/aromatic N) is 1. The van der Waals surface area contributed by atoms with Crippen molar-refractivity contribution in [3.05, 3.63) is 11.1 Å². The van der Waals surface area contributed by atoms with Gasteiger partial charge >= 0.3 is 0 Å². The fourth-order valence-electron chi connectivity index (χ4n) is 1.38. The fourth-order valence-corrected chi connectivity index (χ4v) is 1.95. The van der Waals surface area contributed by atoms with E-state index in [1.165, 1.54) is 11.3 Å². The minimum Gasteiger partial charge on any atom is -0.375 e. The zero-order valence-electron chi connectivity index (χ0n) is 10.4. The predicted octanol–water partition coefficient (Wildman–Crippen LogP) is 1.20. The summed E-state index contributed by atoms with van der Waals surface area (Å²) >= 11 is 1.34. The Bertz CT molecular complexity index is 377. The van der Waals surface area contributed by atoms with Crippen LogP contribution in [0.1, 0.15) is 26.5 Å². The number of thiazole rings is 1. The highest BCUT2D eigenvalue weighted by Gasteiger charge is 2.18. The van der Waals surface area contributed by atoms with Crippen molar-refractivity contribution in [2.24, 2.45) is 0 Å². The number of ether oxygens (including phenoxy) is 1. The fraction of sp³-hybridized carbons (Fsp3) is 0.636. The summed E-state index contributed by atoms with van der Waals surface area (Å²) in [5.41, 5.74) is 5.86. The lowest BCUT2D eigenvalue weighted by Gasteiger charge is -2.24. The summed E-state index contributed by atoms with van der Waals surface area (Å²) in [6.45, 7) is 6.93. The summed E-state index contributed by atoms with van der Waals surface area (Å²) in [4.78, 5) is 15.7. The number of aromatic nitrogens is 1. The molecular weight excluding hydrogens is 238 g/mol. The Balaban J connectivity index is 2.35. The predicted molar refractivity (Wildman–Crippen MR) is 68.9 cm³/mol. The lowest BCUT2D eigenvalue weighted by atomic mass is 10.1. The monoisotopic (exact) mass is 257 g/mol. The van der Waals surface area contributed by atoms with E-state index >= 15 is 0 Å². The van der Waals surface area contributed by atoms with Gasteiger partial charge in [-0.25, -0.2) is 4.98 Å². The van der Waals surface area contributed by atoms with Gasteiger partial charge in [0.2, 0.25) is 5.91 Å². The molecule has 0 aliphatic heterocycles. The summed E-state index contributed by atoms with van der Waals surface area (Å²) in [5.74, 6) is -0.0666. The molecule has 0 bridgehead atoms. The number of nitrogen functional groups attached to an aromatic ring is 1. The number of nitrogens with one attached hydrogen (secondary N) is 1. The highest BCUT2D eigenvalue weighted by Crippen LogP contribution is 2.11. The molecule has 17 heavy (non-hydrogen) atoms. The van der Waals surface area contributed by atoms with Crippen LogP contribution in [0.3, 0.4) is 0 Å². The first-order valence-corrected chi connectivity index (χ1v) is 6.41. The van der Waals surface area contributed by atoms with Gasteiger partial charge in [-0.2, -0.15) is 0 Å². The molecule has 1 aromatic rings. The minimum atomic E-state index is -0.342. The van der Waals surface area contributed by atoms with Gasteiger partial charge in [-0.3, -0.25) is 4.79 Å². The van der Waals surface area contributed by atoms with E-state index in [0.717, 1.165) is 0 Å². The zero-order chi connectivity index (χ0) is 12.9. The molecule has 0 radical (unpaired) electrons. The van der Waals surface area contributed by atoms with E-state index in [9.17, 15) is 4.79 Å². The topological polar surface area (TPSA) is 77.2 Å². The van der Waals surface area contributed by atoms with Gasteiger partial charge in [0.1, 0.15) is 0 Å². The molecule has 96 valence electrons. The summed E-state index contributed by atoms with van der Waals surface area (Å²) in [5, 5.41) is 5.11. The molecule has 1 rings (SSSR count). The van der Waals surface area contributed by atoms with Crippen LogP contribution in [0, 0.1) is 0 Å². The summed E-state index contributed by atoms with van der Waals surface area (Å²) < 4.78 is 5.49. The smallest absolute Gasteiger partial charge is 0.226 e. The minimum absolute atomic E-state index is 0.0666. The number of nitrogens with two attached hydrogens (primary N) is 1. The highest BCUT2D eigenvalue weighted by molar-refractivity contribution is 7.13. The summed E-state index contributed by atoms with van der Waals surface area (Å²) in [6, 6.07) is 0. The Kier molecular flexibility index (Phi) is 4.89. The largest absolute Gasteiger partial charge is 0.375 e. The second-order valence-electron chi connectivity index (χ2n) is 4.32. The van der Waals surface area contributed by atoms with Crippen LogP contribution in [0.2, 0.25) is 0 Å². The van der Waals surface area contributed by atoms with Gasteiger partial charge in [-0.1, -0.05) is 0 Å². The van der Waals surface area contributed by atoms with Crippen LogP contribution in [0.5, 0.6) is 0 Å². The van der Waals surface area contributed by atoms with Crippen molar-refractivity contribution in [3.63, 3.8) is 0 Å². The van der Waals surface area contributed by atoms with Gasteiger partial charge in [0.15, 0.2) is 5.13 Å². The van der Waals surface area contributed by atoms with Crippen molar-refractivity contribution in [2.45, 2.75) is 32.8 Å². The van der Waals surface area contributed by atoms with Crippen LogP contribution >= 0.6 is 11.3 Å². The molecule has 3 N–H and O–H groups in total. The first kappa shape index (κ1) is 13.9. The SMILES string of the molecule is CCOC(C)(C)CNC(=O)Cc1csc(N)n1. The van der Waals surface area contributed by atoms with E-state index in [4.69, 9.17) is 10.5 Å². The van der Waals surface area contributed by atoms with E-state index in [1.807, 2.05) is 20.8 Å². The van der Waals surface area contributed by atoms with Crippen LogP contribution in [0.15, 0.2) is 5.38 Å². The molecule has 0 aliphatic carbocycles. The number of rotatable bonds is 6. The van der Waals surface area contributed by atoms with Gasteiger partial charge in [0.05, 0.1) is 17.7 Å². The van der Waals surface area contributed by atoms with Gasteiger partial charge in [-0.05, 0) is 20.8 Å². The third-order valence-electron chi connectivity index (χ3n) is 2.16. The molecule has 0 unspecified atom stereocenters. The van der Waals surface area contributed by atoms with Crippen molar-refractivity contribution in [1.82, 2.24) is 10.3 Å². The van der Waals surface area contributed by atoms with E-state index < -0.39 is 0 Å². The van der Waals surface area contributed by atoms with E-state index in [0.29, 0.717) is 24.0 Å². The normalized spacial score (nSPS) is 11.5. The molecule has 6 heteroatoms. The number of anilines is 1. The first-order chi connectivity index (χ1) is 7.93. The van der Waals surface area contributed by atoms with E-state index in [1.54, 1.807) is 5.38 Å². The maximum atomic E-state index is 11.6. The number of carbonyl (C=O) groups is 1. The van der Waals surface area contributed by atoms with Gasteiger partial charge in [0, 0.05) is 18.5 Å². The third-order valence-corrected chi connectivity index (χ3v) is 2.88. The molecule has 1 aromatic heterocycles. The van der Waals surface area contributed by atoms with E-state index in [2.05, 4.69) is 10.3 Å². The molecule has 0 aromatic carbocycles. The van der Waals surface area contributed by atoms with Crippen molar-refractivity contribution in [2.75, 3.05) is 18.9 Å². The van der Waals surface area contributed by atoms with Gasteiger partial charge < -0.3 is 15.8 Å². The second kappa shape index (κ2) is 5.97. The van der Waals surface area contributed by atoms with Crippen LogP contribution < -0.4 is 11.1 Å².